The maximum absolute atomic E-state index is 12.2. The Kier molecular flexibility index (Phi) is 4.94. The van der Waals surface area contributed by atoms with Crippen molar-refractivity contribution >= 4 is 28.6 Å². The molecular formula is C18H15N3O4S. The molecule has 1 aromatic carbocycles. The first-order valence-corrected chi connectivity index (χ1v) is 8.56. The normalized spacial score (nSPS) is 10.4. The van der Waals surface area contributed by atoms with Crippen molar-refractivity contribution in [1.82, 2.24) is 4.98 Å². The summed E-state index contributed by atoms with van der Waals surface area (Å²) in [5.74, 6) is 0.619. The van der Waals surface area contributed by atoms with E-state index in [1.165, 1.54) is 23.6 Å². The molecule has 0 unspecified atom stereocenters. The van der Waals surface area contributed by atoms with Gasteiger partial charge in [0.25, 0.3) is 11.6 Å². The molecule has 0 spiro atoms. The number of hydrogen-bond donors (Lipinski definition) is 1. The first kappa shape index (κ1) is 17.6. The van der Waals surface area contributed by atoms with Crippen LogP contribution in [0.25, 0.3) is 0 Å². The second-order valence-electron chi connectivity index (χ2n) is 5.58. The van der Waals surface area contributed by atoms with E-state index in [-0.39, 0.29) is 17.5 Å². The molecule has 3 aromatic rings. The molecule has 8 heteroatoms. The number of ether oxygens (including phenoxy) is 1. The van der Waals surface area contributed by atoms with Crippen LogP contribution in [0.5, 0.6) is 11.6 Å². The minimum atomic E-state index is -0.487. The van der Waals surface area contributed by atoms with Gasteiger partial charge in [-0.3, -0.25) is 14.9 Å². The van der Waals surface area contributed by atoms with Gasteiger partial charge in [-0.1, -0.05) is 0 Å². The van der Waals surface area contributed by atoms with Gasteiger partial charge in [-0.2, -0.15) is 0 Å². The Morgan fingerprint density at radius 1 is 1.19 bits per heavy atom. The summed E-state index contributed by atoms with van der Waals surface area (Å²) in [5, 5.41) is 15.5. The molecule has 132 valence electrons. The van der Waals surface area contributed by atoms with Gasteiger partial charge < -0.3 is 10.1 Å². The van der Waals surface area contributed by atoms with E-state index >= 15 is 0 Å². The SMILES string of the molecule is Cc1cc(Oc2ccc(NC(=O)c3sccc3C)cc2)ncc1[N+](=O)[O-]. The van der Waals surface area contributed by atoms with Crippen LogP contribution in [-0.2, 0) is 0 Å². The molecule has 2 aromatic heterocycles. The molecule has 0 atom stereocenters. The topological polar surface area (TPSA) is 94.4 Å². The Bertz CT molecular complexity index is 967. The van der Waals surface area contributed by atoms with Crippen LogP contribution >= 0.6 is 11.3 Å². The zero-order chi connectivity index (χ0) is 18.7. The first-order valence-electron chi connectivity index (χ1n) is 7.68. The summed E-state index contributed by atoms with van der Waals surface area (Å²) >= 11 is 1.39. The highest BCUT2D eigenvalue weighted by atomic mass is 32.1. The Labute approximate surface area is 153 Å². The monoisotopic (exact) mass is 369 g/mol. The van der Waals surface area contributed by atoms with E-state index in [0.717, 1.165) is 5.56 Å². The molecule has 1 amide bonds. The number of nitro groups is 1. The quantitative estimate of drug-likeness (QED) is 0.519. The van der Waals surface area contributed by atoms with E-state index in [9.17, 15) is 14.9 Å². The highest BCUT2D eigenvalue weighted by molar-refractivity contribution is 7.12. The Balaban J connectivity index is 1.68. The summed E-state index contributed by atoms with van der Waals surface area (Å²) in [7, 11) is 0. The standard InChI is InChI=1S/C18H15N3O4S/c1-11-7-8-26-17(11)18(22)20-13-3-5-14(6-4-13)25-16-9-12(2)15(10-19-16)21(23)24/h3-10H,1-2H3,(H,20,22). The van der Waals surface area contributed by atoms with Crippen LogP contribution in [0.2, 0.25) is 0 Å². The number of pyridine rings is 1. The van der Waals surface area contributed by atoms with Crippen LogP contribution in [0.3, 0.4) is 0 Å². The number of hydrogen-bond acceptors (Lipinski definition) is 6. The molecule has 0 aliphatic rings. The number of aryl methyl sites for hydroxylation is 2. The third-order valence-corrected chi connectivity index (χ3v) is 4.67. The highest BCUT2D eigenvalue weighted by Gasteiger charge is 2.13. The van der Waals surface area contributed by atoms with Crippen LogP contribution in [0.15, 0.2) is 48.0 Å². The predicted molar refractivity (Wildman–Crippen MR) is 99.2 cm³/mol. The van der Waals surface area contributed by atoms with Crippen molar-refractivity contribution in [1.29, 1.82) is 0 Å². The second-order valence-corrected chi connectivity index (χ2v) is 6.50. The van der Waals surface area contributed by atoms with E-state index in [0.29, 0.717) is 21.9 Å². The lowest BCUT2D eigenvalue weighted by atomic mass is 10.2. The lowest BCUT2D eigenvalue weighted by Gasteiger charge is -2.08. The predicted octanol–water partition coefficient (Wildman–Crippen LogP) is 4.71. The molecule has 0 saturated carbocycles. The molecule has 26 heavy (non-hydrogen) atoms. The van der Waals surface area contributed by atoms with Crippen LogP contribution in [0, 0.1) is 24.0 Å². The molecule has 0 saturated heterocycles. The minimum Gasteiger partial charge on any atom is -0.439 e. The summed E-state index contributed by atoms with van der Waals surface area (Å²) in [6, 6.07) is 10.2. The fourth-order valence-corrected chi connectivity index (χ4v) is 3.11. The molecule has 7 nitrogen and oxygen atoms in total. The molecule has 0 aliphatic carbocycles. The number of thiophene rings is 1. The largest absolute Gasteiger partial charge is 0.439 e. The number of amides is 1. The van der Waals surface area contributed by atoms with Gasteiger partial charge in [0.15, 0.2) is 0 Å². The highest BCUT2D eigenvalue weighted by Crippen LogP contribution is 2.26. The van der Waals surface area contributed by atoms with Crippen LogP contribution in [-0.4, -0.2) is 15.8 Å². The number of aromatic nitrogens is 1. The number of anilines is 1. The van der Waals surface area contributed by atoms with E-state index in [1.807, 2.05) is 18.4 Å². The van der Waals surface area contributed by atoms with Gasteiger partial charge in [-0.25, -0.2) is 4.98 Å². The number of nitrogens with zero attached hydrogens (tertiary/aromatic N) is 2. The minimum absolute atomic E-state index is 0.0562. The molecule has 1 N–H and O–H groups in total. The van der Waals surface area contributed by atoms with E-state index in [2.05, 4.69) is 10.3 Å². The Morgan fingerprint density at radius 2 is 1.92 bits per heavy atom. The molecule has 3 rings (SSSR count). The molecule has 0 aliphatic heterocycles. The van der Waals surface area contributed by atoms with Crippen molar-refractivity contribution in [2.45, 2.75) is 13.8 Å². The van der Waals surface area contributed by atoms with E-state index in [1.54, 1.807) is 31.2 Å². The molecular weight excluding hydrogens is 354 g/mol. The van der Waals surface area contributed by atoms with Crippen molar-refractivity contribution < 1.29 is 14.5 Å². The van der Waals surface area contributed by atoms with Crippen molar-refractivity contribution in [2.75, 3.05) is 5.32 Å². The summed E-state index contributed by atoms with van der Waals surface area (Å²) < 4.78 is 5.60. The van der Waals surface area contributed by atoms with Gasteiger partial charge in [0.2, 0.25) is 5.88 Å². The fraction of sp³-hybridized carbons (Fsp3) is 0.111. The summed E-state index contributed by atoms with van der Waals surface area (Å²) in [4.78, 5) is 27.1. The maximum Gasteiger partial charge on any atom is 0.290 e. The smallest absolute Gasteiger partial charge is 0.290 e. The lowest BCUT2D eigenvalue weighted by molar-refractivity contribution is -0.385. The third-order valence-electron chi connectivity index (χ3n) is 3.66. The number of rotatable bonds is 5. The third kappa shape index (κ3) is 3.86. The van der Waals surface area contributed by atoms with Gasteiger partial charge in [0.05, 0.1) is 9.80 Å². The fourth-order valence-electron chi connectivity index (χ4n) is 2.29. The number of carbonyl (C=O) groups is 1. The maximum atomic E-state index is 12.2. The summed E-state index contributed by atoms with van der Waals surface area (Å²) in [6.07, 6.45) is 1.17. The van der Waals surface area contributed by atoms with Crippen molar-refractivity contribution in [3.8, 4) is 11.6 Å². The zero-order valence-electron chi connectivity index (χ0n) is 14.1. The number of benzene rings is 1. The van der Waals surface area contributed by atoms with Gasteiger partial charge in [0, 0.05) is 17.3 Å². The molecule has 0 radical (unpaired) electrons. The second kappa shape index (κ2) is 7.32. The number of carbonyl (C=O) groups excluding carboxylic acids is 1. The van der Waals surface area contributed by atoms with E-state index in [4.69, 9.17) is 4.74 Å². The van der Waals surface area contributed by atoms with Gasteiger partial charge in [-0.15, -0.1) is 11.3 Å². The van der Waals surface area contributed by atoms with Gasteiger partial charge in [-0.05, 0) is 55.1 Å². The van der Waals surface area contributed by atoms with Crippen molar-refractivity contribution in [3.05, 3.63) is 74.1 Å². The van der Waals surface area contributed by atoms with Crippen molar-refractivity contribution in [3.63, 3.8) is 0 Å². The first-order chi connectivity index (χ1) is 12.4. The van der Waals surface area contributed by atoms with Crippen LogP contribution in [0.4, 0.5) is 11.4 Å². The average Bonchev–Trinajstić information content (AvgIpc) is 3.02. The van der Waals surface area contributed by atoms with Crippen molar-refractivity contribution in [2.24, 2.45) is 0 Å². The molecule has 0 bridgehead atoms. The Morgan fingerprint density at radius 3 is 2.50 bits per heavy atom. The van der Waals surface area contributed by atoms with E-state index < -0.39 is 4.92 Å². The molecule has 0 fully saturated rings. The Hall–Kier alpha value is -3.26. The van der Waals surface area contributed by atoms with Crippen LogP contribution < -0.4 is 10.1 Å². The lowest BCUT2D eigenvalue weighted by Crippen LogP contribution is -2.11. The van der Waals surface area contributed by atoms with Gasteiger partial charge >= 0.3 is 0 Å². The van der Waals surface area contributed by atoms with Gasteiger partial charge in [0.1, 0.15) is 11.9 Å². The number of nitrogens with one attached hydrogen (secondary N) is 1. The summed E-state index contributed by atoms with van der Waals surface area (Å²) in [6.45, 7) is 3.51. The van der Waals surface area contributed by atoms with Crippen LogP contribution in [0.1, 0.15) is 20.8 Å². The summed E-state index contributed by atoms with van der Waals surface area (Å²) in [5.41, 5.74) is 1.99. The molecule has 2 heterocycles. The zero-order valence-corrected chi connectivity index (χ0v) is 14.9. The average molecular weight is 369 g/mol.